The summed E-state index contributed by atoms with van der Waals surface area (Å²) in [5.41, 5.74) is 6.90. The van der Waals surface area contributed by atoms with Gasteiger partial charge in [0.1, 0.15) is 0 Å². The Labute approximate surface area is 251 Å². The van der Waals surface area contributed by atoms with Gasteiger partial charge in [-0.25, -0.2) is 0 Å². The van der Waals surface area contributed by atoms with Crippen LogP contribution < -0.4 is 10.2 Å². The monoisotopic (exact) mass is 564 g/mol. The number of likely N-dealkylation sites (N-methyl/N-ethyl adjacent to an activating group) is 2. The number of rotatable bonds is 13. The first kappa shape index (κ1) is 29.8. The molecule has 1 aliphatic rings. The highest BCUT2D eigenvalue weighted by atomic mass is 16.5. The fourth-order valence-corrected chi connectivity index (χ4v) is 5.78. The van der Waals surface area contributed by atoms with Crippen LogP contribution in [-0.4, -0.2) is 68.3 Å². The molecule has 6 heteroatoms. The number of nitrogens with one attached hydrogen (secondary N) is 1. The van der Waals surface area contributed by atoms with Crippen molar-refractivity contribution in [2.75, 3.05) is 63.6 Å². The number of aliphatic hydroxyl groups excluding tert-OH is 1. The Morgan fingerprint density at radius 3 is 2.29 bits per heavy atom. The largest absolute Gasteiger partial charge is 0.392 e. The third-order valence-corrected chi connectivity index (χ3v) is 8.15. The smallest absolute Gasteiger partial charge is 0.0956 e. The van der Waals surface area contributed by atoms with Crippen molar-refractivity contribution >= 4 is 11.4 Å². The molecule has 2 unspecified atom stereocenters. The molecule has 0 radical (unpaired) electrons. The van der Waals surface area contributed by atoms with E-state index in [2.05, 4.69) is 119 Å². The minimum atomic E-state index is -0.0635. The number of aliphatic hydroxyl groups is 1. The number of nitrogens with zero attached hydrogens (tertiary/aromatic N) is 3. The molecule has 4 aromatic carbocycles. The molecule has 6 nitrogen and oxygen atoms in total. The molecule has 0 saturated carbocycles. The normalized spacial score (nSPS) is 16.5. The van der Waals surface area contributed by atoms with E-state index in [4.69, 9.17) is 4.74 Å². The van der Waals surface area contributed by atoms with E-state index < -0.39 is 0 Å². The summed E-state index contributed by atoms with van der Waals surface area (Å²) < 4.78 is 6.75. The predicted molar refractivity (Wildman–Crippen MR) is 173 cm³/mol. The van der Waals surface area contributed by atoms with Gasteiger partial charge in [0, 0.05) is 61.8 Å². The number of hydrogen-bond donors (Lipinski definition) is 2. The molecule has 1 heterocycles. The summed E-state index contributed by atoms with van der Waals surface area (Å²) in [6.45, 7) is 5.98. The number of ether oxygens (including phenoxy) is 1. The molecule has 1 aliphatic heterocycles. The van der Waals surface area contributed by atoms with E-state index in [1.54, 1.807) is 0 Å². The average molecular weight is 565 g/mol. The van der Waals surface area contributed by atoms with Crippen molar-refractivity contribution in [2.45, 2.75) is 25.4 Å². The Morgan fingerprint density at radius 2 is 1.52 bits per heavy atom. The first-order valence-electron chi connectivity index (χ1n) is 15.0. The highest BCUT2D eigenvalue weighted by Crippen LogP contribution is 2.34. The molecule has 0 spiro atoms. The fourth-order valence-electron chi connectivity index (χ4n) is 5.78. The van der Waals surface area contributed by atoms with Gasteiger partial charge in [0.15, 0.2) is 0 Å². The van der Waals surface area contributed by atoms with Crippen molar-refractivity contribution in [3.63, 3.8) is 0 Å². The first-order valence-corrected chi connectivity index (χ1v) is 15.0. The second kappa shape index (κ2) is 15.0. The van der Waals surface area contributed by atoms with Crippen molar-refractivity contribution in [2.24, 2.45) is 0 Å². The summed E-state index contributed by atoms with van der Waals surface area (Å²) in [6.07, 6.45) is -0.0635. The molecule has 4 aromatic rings. The molecule has 0 bridgehead atoms. The molecule has 220 valence electrons. The Hall–Kier alpha value is -3.68. The van der Waals surface area contributed by atoms with E-state index in [0.717, 1.165) is 50.5 Å². The van der Waals surface area contributed by atoms with Crippen LogP contribution in [0, 0.1) is 0 Å². The first-order chi connectivity index (χ1) is 20.6. The maximum atomic E-state index is 9.64. The van der Waals surface area contributed by atoms with E-state index in [1.807, 2.05) is 24.3 Å². The third-order valence-electron chi connectivity index (χ3n) is 8.15. The van der Waals surface area contributed by atoms with Gasteiger partial charge in [-0.1, -0.05) is 97.1 Å². The van der Waals surface area contributed by atoms with E-state index in [-0.39, 0.29) is 12.7 Å². The van der Waals surface area contributed by atoms with E-state index in [9.17, 15) is 5.11 Å². The average Bonchev–Trinajstić information content (AvgIpc) is 3.04. The number of piperazine rings is 1. The second-order valence-electron chi connectivity index (χ2n) is 11.2. The van der Waals surface area contributed by atoms with Gasteiger partial charge in [0.05, 0.1) is 25.4 Å². The Balaban J connectivity index is 1.28. The maximum absolute atomic E-state index is 9.64. The van der Waals surface area contributed by atoms with Crippen LogP contribution in [-0.2, 0) is 18.0 Å². The van der Waals surface area contributed by atoms with Crippen LogP contribution in [0.4, 0.5) is 11.4 Å². The van der Waals surface area contributed by atoms with Gasteiger partial charge in [-0.05, 0) is 37.4 Å². The van der Waals surface area contributed by atoms with Gasteiger partial charge < -0.3 is 29.9 Å². The molecule has 0 aliphatic carbocycles. The van der Waals surface area contributed by atoms with Crippen LogP contribution in [0.15, 0.2) is 109 Å². The molecule has 5 rings (SSSR count). The minimum Gasteiger partial charge on any atom is -0.392 e. The van der Waals surface area contributed by atoms with Crippen molar-refractivity contribution in [3.8, 4) is 0 Å². The number of hydrogen-bond acceptors (Lipinski definition) is 6. The number of anilines is 2. The summed E-state index contributed by atoms with van der Waals surface area (Å²) in [5, 5.41) is 13.1. The lowest BCUT2D eigenvalue weighted by Crippen LogP contribution is -2.47. The van der Waals surface area contributed by atoms with Gasteiger partial charge in [0.2, 0.25) is 0 Å². The van der Waals surface area contributed by atoms with E-state index in [0.29, 0.717) is 12.6 Å². The van der Waals surface area contributed by atoms with Gasteiger partial charge in [-0.2, -0.15) is 0 Å². The molecule has 1 saturated heterocycles. The molecule has 2 N–H and O–H groups in total. The van der Waals surface area contributed by atoms with Crippen LogP contribution in [0.3, 0.4) is 0 Å². The lowest BCUT2D eigenvalue weighted by atomic mass is 10.0. The molecule has 2 atom stereocenters. The Morgan fingerprint density at radius 1 is 0.857 bits per heavy atom. The lowest BCUT2D eigenvalue weighted by Gasteiger charge is -2.42. The minimum absolute atomic E-state index is 0.0324. The zero-order valence-corrected chi connectivity index (χ0v) is 24.9. The van der Waals surface area contributed by atoms with Gasteiger partial charge >= 0.3 is 0 Å². The topological polar surface area (TPSA) is 51.2 Å². The molecule has 42 heavy (non-hydrogen) atoms. The van der Waals surface area contributed by atoms with E-state index >= 15 is 0 Å². The van der Waals surface area contributed by atoms with Gasteiger partial charge in [-0.15, -0.1) is 0 Å². The summed E-state index contributed by atoms with van der Waals surface area (Å²) in [6, 6.07) is 38.3. The fraction of sp³-hybridized carbons (Fsp3) is 0.333. The summed E-state index contributed by atoms with van der Waals surface area (Å²) in [4.78, 5) is 7.30. The van der Waals surface area contributed by atoms with Crippen molar-refractivity contribution in [1.82, 2.24) is 9.80 Å². The summed E-state index contributed by atoms with van der Waals surface area (Å²) in [7, 11) is 4.35. The molecule has 0 aromatic heterocycles. The van der Waals surface area contributed by atoms with Gasteiger partial charge in [0.25, 0.3) is 0 Å². The van der Waals surface area contributed by atoms with Crippen LogP contribution in [0.2, 0.25) is 0 Å². The summed E-state index contributed by atoms with van der Waals surface area (Å²) >= 11 is 0. The highest BCUT2D eigenvalue weighted by Gasteiger charge is 2.28. The van der Waals surface area contributed by atoms with Crippen LogP contribution >= 0.6 is 0 Å². The van der Waals surface area contributed by atoms with Gasteiger partial charge in [-0.3, -0.25) is 0 Å². The quantitative estimate of drug-likeness (QED) is 0.209. The Kier molecular flexibility index (Phi) is 10.6. The lowest BCUT2D eigenvalue weighted by molar-refractivity contribution is 0.0195. The zero-order chi connectivity index (χ0) is 29.1. The predicted octanol–water partition coefficient (Wildman–Crippen LogP) is 5.97. The summed E-state index contributed by atoms with van der Waals surface area (Å²) in [5.74, 6) is 0. The zero-order valence-electron chi connectivity index (χ0n) is 24.9. The third kappa shape index (κ3) is 7.78. The maximum Gasteiger partial charge on any atom is 0.0956 e. The number of benzene rings is 4. The van der Waals surface area contributed by atoms with Crippen molar-refractivity contribution in [3.05, 3.63) is 131 Å². The van der Waals surface area contributed by atoms with Crippen LogP contribution in [0.1, 0.15) is 34.4 Å². The van der Waals surface area contributed by atoms with E-state index in [1.165, 1.54) is 22.4 Å². The molecular formula is C36H44N4O2. The number of para-hydroxylation sites is 2. The molecule has 0 amide bonds. The molecule has 1 fully saturated rings. The second-order valence-corrected chi connectivity index (χ2v) is 11.2. The standard InChI is InChI=1S/C36H44N4O2/c1-38(22-21-37-33-19-11-9-17-31(33)27-41)26-36(30-15-7-4-8-16-30)42-28-32-18-10-12-20-34(32)40-24-23-39(2)25-35(40)29-13-5-3-6-14-29/h3-20,35-37,41H,21-28H2,1-2H3. The van der Waals surface area contributed by atoms with Crippen molar-refractivity contribution in [1.29, 1.82) is 0 Å². The van der Waals surface area contributed by atoms with Crippen LogP contribution in [0.25, 0.3) is 0 Å². The van der Waals surface area contributed by atoms with Crippen LogP contribution in [0.5, 0.6) is 0 Å². The molecular weight excluding hydrogens is 520 g/mol. The Bertz CT molecular complexity index is 1370. The van der Waals surface area contributed by atoms with Crippen molar-refractivity contribution < 1.29 is 9.84 Å². The SMILES string of the molecule is CN(CCNc1ccccc1CO)CC(OCc1ccccc1N1CCN(C)CC1c1ccccc1)c1ccccc1. The highest BCUT2D eigenvalue weighted by molar-refractivity contribution is 5.56.